The van der Waals surface area contributed by atoms with Crippen LogP contribution in [0.1, 0.15) is 32.6 Å². The first kappa shape index (κ1) is 13.2. The van der Waals surface area contributed by atoms with Crippen LogP contribution < -0.4 is 0 Å². The maximum Gasteiger partial charge on any atom is 0.414 e. The van der Waals surface area contributed by atoms with Gasteiger partial charge in [0.25, 0.3) is 0 Å². The number of hydrogen-bond donors (Lipinski definition) is 1. The van der Waals surface area contributed by atoms with Crippen molar-refractivity contribution in [1.29, 1.82) is 0 Å². The number of ether oxygens (including phenoxy) is 1. The Bertz CT molecular complexity index is 199. The Kier molecular flexibility index (Phi) is 4.35. The fourth-order valence-electron chi connectivity index (χ4n) is 1.87. The Morgan fingerprint density at radius 1 is 1.33 bits per heavy atom. The summed E-state index contributed by atoms with van der Waals surface area (Å²) in [7, 11) is 0. The average Bonchev–Trinajstić information content (AvgIpc) is 2.62. The van der Waals surface area contributed by atoms with E-state index in [0.29, 0.717) is 5.75 Å². The Labute approximate surface area is 93.8 Å². The van der Waals surface area contributed by atoms with Crippen molar-refractivity contribution in [3.05, 3.63) is 0 Å². The van der Waals surface area contributed by atoms with Crippen LogP contribution in [0.3, 0.4) is 0 Å². The zero-order valence-corrected chi connectivity index (χ0v) is 9.70. The maximum atomic E-state index is 12.2. The average molecular weight is 242 g/mol. The second kappa shape index (κ2) is 4.95. The molecule has 1 fully saturated rings. The lowest BCUT2D eigenvalue weighted by Gasteiger charge is -2.28. The normalized spacial score (nSPS) is 23.0. The van der Waals surface area contributed by atoms with Crippen LogP contribution in [-0.4, -0.2) is 24.6 Å². The van der Waals surface area contributed by atoms with E-state index < -0.39 is 12.3 Å². The molecule has 0 radical (unpaired) electrons. The van der Waals surface area contributed by atoms with Gasteiger partial charge in [-0.05, 0) is 25.5 Å². The summed E-state index contributed by atoms with van der Waals surface area (Å²) >= 11 is 4.22. The SMILES string of the molecule is CC(OCC1(CS)CCCC1)C(F)(F)F. The van der Waals surface area contributed by atoms with Gasteiger partial charge in [0, 0.05) is 5.41 Å². The van der Waals surface area contributed by atoms with Crippen LogP contribution >= 0.6 is 12.6 Å². The number of rotatable bonds is 4. The van der Waals surface area contributed by atoms with Crippen molar-refractivity contribution in [2.24, 2.45) is 5.41 Å². The molecule has 1 rings (SSSR count). The highest BCUT2D eigenvalue weighted by molar-refractivity contribution is 7.80. The van der Waals surface area contributed by atoms with Crippen LogP contribution in [0.4, 0.5) is 13.2 Å². The molecule has 0 spiro atoms. The zero-order valence-electron chi connectivity index (χ0n) is 8.81. The van der Waals surface area contributed by atoms with Crippen LogP contribution in [0.2, 0.25) is 0 Å². The summed E-state index contributed by atoms with van der Waals surface area (Å²) in [5.41, 5.74) is -0.122. The fraction of sp³-hybridized carbons (Fsp3) is 1.00. The van der Waals surface area contributed by atoms with Crippen molar-refractivity contribution < 1.29 is 17.9 Å². The number of hydrogen-bond acceptors (Lipinski definition) is 2. The van der Waals surface area contributed by atoms with Gasteiger partial charge in [-0.15, -0.1) is 0 Å². The van der Waals surface area contributed by atoms with E-state index in [2.05, 4.69) is 12.6 Å². The molecular weight excluding hydrogens is 225 g/mol. The lowest BCUT2D eigenvalue weighted by atomic mass is 9.90. The molecule has 0 aliphatic heterocycles. The Balaban J connectivity index is 2.41. The van der Waals surface area contributed by atoms with E-state index in [0.717, 1.165) is 32.6 Å². The van der Waals surface area contributed by atoms with Gasteiger partial charge in [0.05, 0.1) is 6.61 Å². The molecule has 0 saturated heterocycles. The van der Waals surface area contributed by atoms with Crippen molar-refractivity contribution in [2.45, 2.75) is 44.9 Å². The maximum absolute atomic E-state index is 12.2. The Morgan fingerprint density at radius 3 is 2.27 bits per heavy atom. The summed E-state index contributed by atoms with van der Waals surface area (Å²) in [5, 5.41) is 0. The van der Waals surface area contributed by atoms with Crippen molar-refractivity contribution in [2.75, 3.05) is 12.4 Å². The van der Waals surface area contributed by atoms with E-state index in [1.807, 2.05) is 0 Å². The fourth-order valence-corrected chi connectivity index (χ4v) is 2.28. The van der Waals surface area contributed by atoms with Crippen molar-refractivity contribution in [1.82, 2.24) is 0 Å². The summed E-state index contributed by atoms with van der Waals surface area (Å²) in [6.07, 6.45) is -1.91. The van der Waals surface area contributed by atoms with Gasteiger partial charge in [-0.1, -0.05) is 12.8 Å². The molecule has 0 N–H and O–H groups in total. The van der Waals surface area contributed by atoms with E-state index in [4.69, 9.17) is 4.74 Å². The molecule has 90 valence electrons. The van der Waals surface area contributed by atoms with Crippen molar-refractivity contribution in [3.8, 4) is 0 Å². The van der Waals surface area contributed by atoms with E-state index in [1.165, 1.54) is 0 Å². The Hall–Kier alpha value is 0.100. The van der Waals surface area contributed by atoms with Gasteiger partial charge in [-0.3, -0.25) is 0 Å². The third-order valence-electron chi connectivity index (χ3n) is 3.10. The summed E-state index contributed by atoms with van der Waals surface area (Å²) < 4.78 is 41.5. The van der Waals surface area contributed by atoms with Gasteiger partial charge in [-0.25, -0.2) is 0 Å². The molecule has 0 aromatic carbocycles. The lowest BCUT2D eigenvalue weighted by molar-refractivity contribution is -0.220. The van der Waals surface area contributed by atoms with E-state index in [-0.39, 0.29) is 12.0 Å². The minimum Gasteiger partial charge on any atom is -0.368 e. The predicted molar refractivity (Wildman–Crippen MR) is 56.2 cm³/mol. The third-order valence-corrected chi connectivity index (χ3v) is 3.77. The van der Waals surface area contributed by atoms with Crippen LogP contribution in [-0.2, 0) is 4.74 Å². The molecule has 0 aromatic heterocycles. The first-order chi connectivity index (χ1) is 6.90. The predicted octanol–water partition coefficient (Wildman–Crippen LogP) is 3.44. The highest BCUT2D eigenvalue weighted by atomic mass is 32.1. The largest absolute Gasteiger partial charge is 0.414 e. The first-order valence-electron chi connectivity index (χ1n) is 5.19. The van der Waals surface area contributed by atoms with Gasteiger partial charge >= 0.3 is 6.18 Å². The van der Waals surface area contributed by atoms with Crippen LogP contribution in [0.25, 0.3) is 0 Å². The first-order valence-corrected chi connectivity index (χ1v) is 5.82. The van der Waals surface area contributed by atoms with Gasteiger partial charge in [0.15, 0.2) is 6.10 Å². The molecule has 1 aliphatic carbocycles. The Morgan fingerprint density at radius 2 is 1.87 bits per heavy atom. The minimum atomic E-state index is -4.25. The summed E-state index contributed by atoms with van der Waals surface area (Å²) in [4.78, 5) is 0. The van der Waals surface area contributed by atoms with E-state index in [1.54, 1.807) is 0 Å². The molecule has 1 nitrogen and oxygen atoms in total. The summed E-state index contributed by atoms with van der Waals surface area (Å²) in [6.45, 7) is 1.23. The second-order valence-corrected chi connectivity index (χ2v) is 4.68. The molecule has 1 atom stereocenters. The molecule has 1 saturated carbocycles. The molecule has 1 unspecified atom stereocenters. The van der Waals surface area contributed by atoms with Gasteiger partial charge in [0.1, 0.15) is 0 Å². The summed E-state index contributed by atoms with van der Waals surface area (Å²) in [5.74, 6) is 0.609. The molecule has 5 heteroatoms. The minimum absolute atomic E-state index is 0.122. The molecule has 0 aromatic rings. The zero-order chi connectivity index (χ0) is 11.5. The van der Waals surface area contributed by atoms with Crippen LogP contribution in [0.5, 0.6) is 0 Å². The lowest BCUT2D eigenvalue weighted by Crippen LogP contribution is -2.34. The number of thiol groups is 1. The smallest absolute Gasteiger partial charge is 0.368 e. The molecule has 15 heavy (non-hydrogen) atoms. The van der Waals surface area contributed by atoms with Gasteiger partial charge < -0.3 is 4.74 Å². The van der Waals surface area contributed by atoms with Crippen molar-refractivity contribution >= 4 is 12.6 Å². The molecule has 0 bridgehead atoms. The third kappa shape index (κ3) is 3.55. The standard InChI is InChI=1S/C10H17F3OS/c1-8(10(11,12)13)14-6-9(7-15)4-2-3-5-9/h8,15H,2-7H2,1H3. The quantitative estimate of drug-likeness (QED) is 0.743. The van der Waals surface area contributed by atoms with Gasteiger partial charge in [0.2, 0.25) is 0 Å². The molecule has 0 amide bonds. The molecule has 0 heterocycles. The van der Waals surface area contributed by atoms with E-state index in [9.17, 15) is 13.2 Å². The number of alkyl halides is 3. The van der Waals surface area contributed by atoms with Crippen LogP contribution in [0, 0.1) is 5.41 Å². The highest BCUT2D eigenvalue weighted by Crippen LogP contribution is 2.40. The second-order valence-electron chi connectivity index (χ2n) is 4.36. The van der Waals surface area contributed by atoms with Crippen molar-refractivity contribution in [3.63, 3.8) is 0 Å². The van der Waals surface area contributed by atoms with Crippen LogP contribution in [0.15, 0.2) is 0 Å². The molecule has 1 aliphatic rings. The number of halogens is 3. The summed E-state index contributed by atoms with van der Waals surface area (Å²) in [6, 6.07) is 0. The van der Waals surface area contributed by atoms with E-state index >= 15 is 0 Å². The molecular formula is C10H17F3OS. The van der Waals surface area contributed by atoms with Gasteiger partial charge in [-0.2, -0.15) is 25.8 Å². The highest BCUT2D eigenvalue weighted by Gasteiger charge is 2.40. The topological polar surface area (TPSA) is 9.23 Å². The monoisotopic (exact) mass is 242 g/mol.